The van der Waals surface area contributed by atoms with Gasteiger partial charge in [0.15, 0.2) is 0 Å². The molecule has 0 spiro atoms. The zero-order chi connectivity index (χ0) is 15.3. The first-order valence-corrected chi connectivity index (χ1v) is 6.99. The predicted molar refractivity (Wildman–Crippen MR) is 79.2 cm³/mol. The van der Waals surface area contributed by atoms with E-state index in [9.17, 15) is 9.59 Å². The molecule has 0 bridgehead atoms. The second-order valence-corrected chi connectivity index (χ2v) is 5.54. The first-order chi connectivity index (χ1) is 9.31. The molecule has 1 amide bonds. The SMILES string of the molecule is Cc1cc(Cl)cc(C(=O)N(CCCC(=O)O)C(C)C)c1. The van der Waals surface area contributed by atoms with E-state index < -0.39 is 5.97 Å². The molecule has 0 aliphatic rings. The van der Waals surface area contributed by atoms with Crippen molar-refractivity contribution in [1.29, 1.82) is 0 Å². The van der Waals surface area contributed by atoms with Crippen molar-refractivity contribution in [2.45, 2.75) is 39.7 Å². The molecule has 1 rings (SSSR count). The van der Waals surface area contributed by atoms with Gasteiger partial charge in [-0.15, -0.1) is 0 Å². The molecule has 0 fully saturated rings. The summed E-state index contributed by atoms with van der Waals surface area (Å²) < 4.78 is 0. The number of rotatable bonds is 6. The van der Waals surface area contributed by atoms with Crippen LogP contribution >= 0.6 is 11.6 Å². The molecule has 4 nitrogen and oxygen atoms in total. The van der Waals surface area contributed by atoms with Crippen LogP contribution in [0.4, 0.5) is 0 Å². The molecule has 1 aromatic carbocycles. The van der Waals surface area contributed by atoms with E-state index in [4.69, 9.17) is 16.7 Å². The summed E-state index contributed by atoms with van der Waals surface area (Å²) in [7, 11) is 0. The smallest absolute Gasteiger partial charge is 0.303 e. The molecule has 110 valence electrons. The van der Waals surface area contributed by atoms with Gasteiger partial charge in [-0.2, -0.15) is 0 Å². The molecule has 5 heteroatoms. The van der Waals surface area contributed by atoms with E-state index in [1.54, 1.807) is 23.1 Å². The quantitative estimate of drug-likeness (QED) is 0.876. The number of carboxylic acid groups (broad SMARTS) is 1. The van der Waals surface area contributed by atoms with Gasteiger partial charge in [0, 0.05) is 29.6 Å². The fourth-order valence-corrected chi connectivity index (χ4v) is 2.31. The van der Waals surface area contributed by atoms with Crippen molar-refractivity contribution in [3.63, 3.8) is 0 Å². The molecular formula is C15H20ClNO3. The van der Waals surface area contributed by atoms with Gasteiger partial charge in [0.2, 0.25) is 0 Å². The number of carbonyl (C=O) groups is 2. The third-order valence-electron chi connectivity index (χ3n) is 2.96. The highest BCUT2D eigenvalue weighted by Crippen LogP contribution is 2.17. The largest absolute Gasteiger partial charge is 0.481 e. The van der Waals surface area contributed by atoms with Gasteiger partial charge >= 0.3 is 5.97 Å². The molecule has 0 atom stereocenters. The van der Waals surface area contributed by atoms with Crippen LogP contribution in [0.1, 0.15) is 42.6 Å². The number of aliphatic carboxylic acids is 1. The second-order valence-electron chi connectivity index (χ2n) is 5.11. The summed E-state index contributed by atoms with van der Waals surface area (Å²) in [5.41, 5.74) is 1.47. The van der Waals surface area contributed by atoms with Gasteiger partial charge in [-0.25, -0.2) is 0 Å². The number of aryl methyl sites for hydroxylation is 1. The van der Waals surface area contributed by atoms with Crippen LogP contribution in [0.2, 0.25) is 5.02 Å². The highest BCUT2D eigenvalue weighted by molar-refractivity contribution is 6.31. The molecule has 0 heterocycles. The number of amides is 1. The third kappa shape index (κ3) is 4.85. The fourth-order valence-electron chi connectivity index (χ4n) is 2.02. The maximum Gasteiger partial charge on any atom is 0.303 e. The van der Waals surface area contributed by atoms with E-state index in [2.05, 4.69) is 0 Å². The van der Waals surface area contributed by atoms with E-state index in [0.717, 1.165) is 5.56 Å². The lowest BCUT2D eigenvalue weighted by atomic mass is 10.1. The lowest BCUT2D eigenvalue weighted by molar-refractivity contribution is -0.137. The Morgan fingerprint density at radius 3 is 2.45 bits per heavy atom. The van der Waals surface area contributed by atoms with Crippen LogP contribution in [-0.4, -0.2) is 34.5 Å². The van der Waals surface area contributed by atoms with Gasteiger partial charge in [-0.1, -0.05) is 11.6 Å². The first-order valence-electron chi connectivity index (χ1n) is 6.61. The molecule has 1 N–H and O–H groups in total. The minimum absolute atomic E-state index is 0.00980. The number of carboxylic acids is 1. The summed E-state index contributed by atoms with van der Waals surface area (Å²) in [4.78, 5) is 24.7. The van der Waals surface area contributed by atoms with Crippen molar-refractivity contribution in [2.75, 3.05) is 6.54 Å². The van der Waals surface area contributed by atoms with Crippen LogP contribution in [0, 0.1) is 6.92 Å². The highest BCUT2D eigenvalue weighted by atomic mass is 35.5. The molecule has 0 aliphatic heterocycles. The Bertz CT molecular complexity index is 480. The number of hydrogen-bond donors (Lipinski definition) is 1. The summed E-state index contributed by atoms with van der Waals surface area (Å²) in [6.07, 6.45) is 0.504. The Morgan fingerprint density at radius 2 is 1.95 bits per heavy atom. The molecule has 0 aliphatic carbocycles. The topological polar surface area (TPSA) is 57.6 Å². The van der Waals surface area contributed by atoms with Gasteiger partial charge in [-0.05, 0) is 51.0 Å². The lowest BCUT2D eigenvalue weighted by Gasteiger charge is -2.27. The van der Waals surface area contributed by atoms with E-state index in [-0.39, 0.29) is 18.4 Å². The highest BCUT2D eigenvalue weighted by Gasteiger charge is 2.19. The van der Waals surface area contributed by atoms with Gasteiger partial charge in [-0.3, -0.25) is 9.59 Å². The Kier molecular flexibility index (Phi) is 6.02. The van der Waals surface area contributed by atoms with E-state index in [1.165, 1.54) is 0 Å². The molecule has 0 radical (unpaired) electrons. The number of nitrogens with zero attached hydrogens (tertiary/aromatic N) is 1. The monoisotopic (exact) mass is 297 g/mol. The molecule has 20 heavy (non-hydrogen) atoms. The van der Waals surface area contributed by atoms with Gasteiger partial charge in [0.1, 0.15) is 0 Å². The summed E-state index contributed by atoms with van der Waals surface area (Å²) in [5.74, 6) is -0.962. The van der Waals surface area contributed by atoms with E-state index in [1.807, 2.05) is 20.8 Å². The second kappa shape index (κ2) is 7.29. The molecule has 0 saturated carbocycles. The van der Waals surface area contributed by atoms with Gasteiger partial charge in [0.05, 0.1) is 0 Å². The molecule has 0 aromatic heterocycles. The average Bonchev–Trinajstić information content (AvgIpc) is 2.31. The standard InChI is InChI=1S/C15H20ClNO3/c1-10(2)17(6-4-5-14(18)19)15(20)12-7-11(3)8-13(16)9-12/h7-10H,4-6H2,1-3H3,(H,18,19). The maximum absolute atomic E-state index is 12.5. The van der Waals surface area contributed by atoms with Crippen molar-refractivity contribution in [2.24, 2.45) is 0 Å². The average molecular weight is 298 g/mol. The Labute approximate surface area is 124 Å². The molecule has 0 saturated heterocycles. The minimum Gasteiger partial charge on any atom is -0.481 e. The van der Waals surface area contributed by atoms with Crippen LogP contribution in [0.3, 0.4) is 0 Å². The minimum atomic E-state index is -0.847. The summed E-state index contributed by atoms with van der Waals surface area (Å²) in [5, 5.41) is 9.20. The van der Waals surface area contributed by atoms with Crippen molar-refractivity contribution < 1.29 is 14.7 Å². The van der Waals surface area contributed by atoms with Crippen LogP contribution in [-0.2, 0) is 4.79 Å². The number of hydrogen-bond acceptors (Lipinski definition) is 2. The summed E-state index contributed by atoms with van der Waals surface area (Å²) >= 11 is 5.98. The van der Waals surface area contributed by atoms with Crippen LogP contribution in [0.5, 0.6) is 0 Å². The van der Waals surface area contributed by atoms with E-state index >= 15 is 0 Å². The fraction of sp³-hybridized carbons (Fsp3) is 0.467. The van der Waals surface area contributed by atoms with Crippen LogP contribution in [0.25, 0.3) is 0 Å². The van der Waals surface area contributed by atoms with Gasteiger partial charge in [0.25, 0.3) is 5.91 Å². The molecular weight excluding hydrogens is 278 g/mol. The van der Waals surface area contributed by atoms with Crippen molar-refractivity contribution in [1.82, 2.24) is 4.90 Å². The zero-order valence-corrected chi connectivity index (χ0v) is 12.8. The van der Waals surface area contributed by atoms with Crippen molar-refractivity contribution in [3.8, 4) is 0 Å². The van der Waals surface area contributed by atoms with E-state index in [0.29, 0.717) is 23.6 Å². The number of halogens is 1. The molecule has 1 aromatic rings. The lowest BCUT2D eigenvalue weighted by Crippen LogP contribution is -2.38. The van der Waals surface area contributed by atoms with Crippen molar-refractivity contribution >= 4 is 23.5 Å². The Hall–Kier alpha value is -1.55. The van der Waals surface area contributed by atoms with Crippen LogP contribution in [0.15, 0.2) is 18.2 Å². The number of benzene rings is 1. The first kappa shape index (κ1) is 16.5. The van der Waals surface area contributed by atoms with Crippen LogP contribution < -0.4 is 0 Å². The van der Waals surface area contributed by atoms with Gasteiger partial charge < -0.3 is 10.0 Å². The normalized spacial score (nSPS) is 10.7. The third-order valence-corrected chi connectivity index (χ3v) is 3.18. The zero-order valence-electron chi connectivity index (χ0n) is 12.0. The molecule has 0 unspecified atom stereocenters. The summed E-state index contributed by atoms with van der Waals surface area (Å²) in [6, 6.07) is 5.24. The van der Waals surface area contributed by atoms with Crippen molar-refractivity contribution in [3.05, 3.63) is 34.3 Å². The Balaban J connectivity index is 2.85. The Morgan fingerprint density at radius 1 is 1.30 bits per heavy atom. The predicted octanol–water partition coefficient (Wildman–Crippen LogP) is 3.36. The number of carbonyl (C=O) groups excluding carboxylic acids is 1. The maximum atomic E-state index is 12.5. The summed E-state index contributed by atoms with van der Waals surface area (Å²) in [6.45, 7) is 6.13.